The van der Waals surface area contributed by atoms with Crippen LogP contribution >= 0.6 is 17.2 Å². The number of fused-ring (bicyclic) bond motifs is 9. The van der Waals surface area contributed by atoms with E-state index in [2.05, 4.69) is 18.6 Å². The fourth-order valence-corrected chi connectivity index (χ4v) is 10.9. The van der Waals surface area contributed by atoms with Crippen LogP contribution in [-0.4, -0.2) is 59.9 Å². The van der Waals surface area contributed by atoms with Crippen LogP contribution in [0.5, 0.6) is 0 Å². The molecule has 2 aromatic carbocycles. The maximum atomic E-state index is 13.1. The summed E-state index contributed by atoms with van der Waals surface area (Å²) in [5, 5.41) is 4.47. The lowest BCUT2D eigenvalue weighted by atomic mass is 9.68. The zero-order chi connectivity index (χ0) is 23.5. The molecule has 10 unspecified atom stereocenters. The first-order valence-corrected chi connectivity index (χ1v) is 15.2. The third-order valence-corrected chi connectivity index (χ3v) is 12.5. The molecule has 10 atom stereocenters. The first kappa shape index (κ1) is 22.7. The van der Waals surface area contributed by atoms with Crippen LogP contribution in [0.4, 0.5) is 0 Å². The van der Waals surface area contributed by atoms with Gasteiger partial charge in [-0.25, -0.2) is 9.59 Å². The summed E-state index contributed by atoms with van der Waals surface area (Å²) < 4.78 is 12.4. The molecule has 2 saturated carbocycles. The lowest BCUT2D eigenvalue weighted by Crippen LogP contribution is -2.56. The Hall–Kier alpha value is -1.80. The Balaban J connectivity index is 1.34. The molecule has 5 nitrogen and oxygen atoms in total. The van der Waals surface area contributed by atoms with Crippen LogP contribution < -0.4 is 5.32 Å². The Morgan fingerprint density at radius 2 is 1.18 bits per heavy atom. The number of hydrogen-bond donors (Lipinski definition) is 1. The second kappa shape index (κ2) is 8.40. The molecule has 4 aliphatic rings. The van der Waals surface area contributed by atoms with E-state index in [0.29, 0.717) is 33.3 Å². The van der Waals surface area contributed by atoms with E-state index in [1.54, 1.807) is 24.3 Å². The van der Waals surface area contributed by atoms with Crippen LogP contribution in [0.1, 0.15) is 40.0 Å². The molecule has 0 radical (unpaired) electrons. The van der Waals surface area contributed by atoms with Gasteiger partial charge in [0, 0.05) is 0 Å². The van der Waals surface area contributed by atoms with Crippen LogP contribution in [0.2, 0.25) is 0 Å². The van der Waals surface area contributed by atoms with Crippen molar-refractivity contribution in [1.82, 2.24) is 5.32 Å². The van der Waals surface area contributed by atoms with Crippen LogP contribution in [0.15, 0.2) is 60.7 Å². The number of benzene rings is 2. The molecule has 2 aromatic rings. The fourth-order valence-electron chi connectivity index (χ4n) is 7.59. The normalized spacial score (nSPS) is 39.8. The van der Waals surface area contributed by atoms with E-state index in [9.17, 15) is 9.59 Å². The van der Waals surface area contributed by atoms with E-state index < -0.39 is 12.2 Å². The van der Waals surface area contributed by atoms with E-state index in [1.807, 2.05) is 36.4 Å². The van der Waals surface area contributed by atoms with Crippen molar-refractivity contribution in [1.29, 1.82) is 0 Å². The highest BCUT2D eigenvalue weighted by Crippen LogP contribution is 2.74. The summed E-state index contributed by atoms with van der Waals surface area (Å²) in [6.07, 6.45) is 2.85. The van der Waals surface area contributed by atoms with Crippen molar-refractivity contribution in [3.05, 3.63) is 71.8 Å². The molecule has 2 saturated heterocycles. The predicted molar refractivity (Wildman–Crippen MR) is 137 cm³/mol. The van der Waals surface area contributed by atoms with Gasteiger partial charge in [0.1, 0.15) is 0 Å². The summed E-state index contributed by atoms with van der Waals surface area (Å²) in [5.74, 6) is 0.255. The highest BCUT2D eigenvalue weighted by molar-refractivity contribution is 7.41. The molecule has 178 valence electrons. The Morgan fingerprint density at radius 1 is 0.765 bits per heavy atom. The van der Waals surface area contributed by atoms with Gasteiger partial charge in [0.2, 0.25) is 0 Å². The summed E-state index contributed by atoms with van der Waals surface area (Å²) >= 11 is 0. The molecule has 34 heavy (non-hydrogen) atoms. The maximum Gasteiger partial charge on any atom is 0.338 e. The van der Waals surface area contributed by atoms with Crippen molar-refractivity contribution in [2.24, 2.45) is 11.8 Å². The number of carbonyl (C=O) groups is 2. The van der Waals surface area contributed by atoms with Crippen LogP contribution in [-0.2, 0) is 9.47 Å². The van der Waals surface area contributed by atoms with Gasteiger partial charge in [-0.1, -0.05) is 36.4 Å². The average Bonchev–Trinajstić information content (AvgIpc) is 3.62. The van der Waals surface area contributed by atoms with Gasteiger partial charge in [0.05, 0.1) is 23.2 Å². The minimum atomic E-state index is -0.476. The van der Waals surface area contributed by atoms with Crippen LogP contribution in [0.3, 0.4) is 0 Å². The van der Waals surface area contributed by atoms with E-state index in [4.69, 9.17) is 9.47 Å². The quantitative estimate of drug-likeness (QED) is 0.478. The molecule has 4 bridgehead atoms. The number of esters is 2. The lowest BCUT2D eigenvalue weighted by molar-refractivity contribution is -0.0606. The van der Waals surface area contributed by atoms with E-state index in [0.717, 1.165) is 17.2 Å². The third kappa shape index (κ3) is 3.24. The lowest BCUT2D eigenvalue weighted by Gasteiger charge is -2.47. The summed E-state index contributed by atoms with van der Waals surface area (Å²) in [5.41, 5.74) is 1.06. The molecule has 0 spiro atoms. The number of ether oxygens (including phenoxy) is 2. The number of rotatable bonds is 6. The smallest absolute Gasteiger partial charge is 0.338 e. The maximum absolute atomic E-state index is 13.1. The summed E-state index contributed by atoms with van der Waals surface area (Å²) in [6, 6.07) is 18.3. The second-order valence-corrected chi connectivity index (χ2v) is 13.2. The standard InChI is InChI=1S/C27H31NO4P2/c1-33-26-13-14-27(15-26,34-2)19-18(26)20-22(31-24(29)16-9-5-3-6-10-16)23(21(19)28-20)32-25(30)17-11-7-4-8-12-17/h3-12,18-23,28,33-34H,13-15H2,1-2H3. The highest BCUT2D eigenvalue weighted by atomic mass is 31.1. The van der Waals surface area contributed by atoms with Crippen molar-refractivity contribution in [3.8, 4) is 0 Å². The number of carbonyl (C=O) groups excluding carboxylic acids is 2. The van der Waals surface area contributed by atoms with Crippen LogP contribution in [0, 0.1) is 11.8 Å². The Labute approximate surface area is 204 Å². The molecule has 2 aliphatic carbocycles. The molecule has 7 heteroatoms. The third-order valence-electron chi connectivity index (χ3n) is 9.00. The van der Waals surface area contributed by atoms with Gasteiger partial charge in [0.25, 0.3) is 0 Å². The van der Waals surface area contributed by atoms with Crippen molar-refractivity contribution in [3.63, 3.8) is 0 Å². The molecule has 6 rings (SSSR count). The molecule has 4 fully saturated rings. The number of hydrogen-bond acceptors (Lipinski definition) is 5. The topological polar surface area (TPSA) is 64.6 Å². The Morgan fingerprint density at radius 3 is 1.56 bits per heavy atom. The SMILES string of the molecule is CPC12CCC(PC)(C1)C1C3NC(C(OC(=O)c4ccccc4)C3OC(=O)c3ccccc3)C12. The Kier molecular flexibility index (Phi) is 5.60. The molecule has 2 heterocycles. The van der Waals surface area contributed by atoms with Gasteiger partial charge in [-0.2, -0.15) is 0 Å². The van der Waals surface area contributed by atoms with Gasteiger partial charge in [-0.3, -0.25) is 0 Å². The van der Waals surface area contributed by atoms with Gasteiger partial charge in [-0.15, -0.1) is 17.2 Å². The number of nitrogens with one attached hydrogen (secondary N) is 1. The first-order valence-electron chi connectivity index (χ1n) is 12.2. The van der Waals surface area contributed by atoms with E-state index >= 15 is 0 Å². The fraction of sp³-hybridized carbons (Fsp3) is 0.481. The molecule has 0 aromatic heterocycles. The highest BCUT2D eigenvalue weighted by Gasteiger charge is 2.76. The summed E-state index contributed by atoms with van der Waals surface area (Å²) in [4.78, 5) is 26.2. The van der Waals surface area contributed by atoms with Gasteiger partial charge < -0.3 is 14.8 Å². The molecule has 2 aliphatic heterocycles. The zero-order valence-electron chi connectivity index (χ0n) is 19.5. The van der Waals surface area contributed by atoms with Crippen molar-refractivity contribution in [2.75, 3.05) is 13.3 Å². The molecular formula is C27H31NO4P2. The minimum Gasteiger partial charge on any atom is -0.453 e. The average molecular weight is 495 g/mol. The summed E-state index contributed by atoms with van der Waals surface area (Å²) in [6.45, 7) is 4.70. The largest absolute Gasteiger partial charge is 0.453 e. The van der Waals surface area contributed by atoms with Crippen molar-refractivity contribution in [2.45, 2.75) is 53.9 Å². The van der Waals surface area contributed by atoms with E-state index in [1.165, 1.54) is 19.3 Å². The zero-order valence-corrected chi connectivity index (χ0v) is 21.5. The molecular weight excluding hydrogens is 464 g/mol. The molecule has 1 N–H and O–H groups in total. The monoisotopic (exact) mass is 495 g/mol. The minimum absolute atomic E-state index is 0.0298. The van der Waals surface area contributed by atoms with Gasteiger partial charge >= 0.3 is 11.9 Å². The summed E-state index contributed by atoms with van der Waals surface area (Å²) in [7, 11) is 1.74. The predicted octanol–water partition coefficient (Wildman–Crippen LogP) is 4.32. The van der Waals surface area contributed by atoms with Gasteiger partial charge in [0.15, 0.2) is 12.2 Å². The molecule has 0 amide bonds. The second-order valence-electron chi connectivity index (χ2n) is 10.2. The first-order chi connectivity index (χ1) is 16.5. The van der Waals surface area contributed by atoms with Crippen molar-refractivity contribution >= 4 is 29.1 Å². The Bertz CT molecular complexity index is 1010. The van der Waals surface area contributed by atoms with Crippen molar-refractivity contribution < 1.29 is 19.1 Å². The van der Waals surface area contributed by atoms with E-state index in [-0.39, 0.29) is 24.0 Å². The van der Waals surface area contributed by atoms with Gasteiger partial charge in [-0.05, 0) is 79.0 Å². The van der Waals surface area contributed by atoms with Crippen LogP contribution in [0.25, 0.3) is 0 Å².